The maximum atomic E-state index is 11.6. The number of aldehydes is 2. The molecule has 0 aliphatic rings. The highest BCUT2D eigenvalue weighted by molar-refractivity contribution is 5.95. The van der Waals surface area contributed by atoms with Gasteiger partial charge in [0.15, 0.2) is 0 Å². The lowest BCUT2D eigenvalue weighted by molar-refractivity contribution is -0.110. The lowest BCUT2D eigenvalue weighted by Crippen LogP contribution is -2.36. The van der Waals surface area contributed by atoms with Gasteiger partial charge < -0.3 is 14.9 Å². The number of carbonyl (C=O) groups excluding carboxylic acids is 3. The van der Waals surface area contributed by atoms with Gasteiger partial charge in [-0.05, 0) is 18.6 Å². The van der Waals surface area contributed by atoms with Crippen LogP contribution < -0.4 is 5.32 Å². The largest absolute Gasteiger partial charge is 0.342 e. The van der Waals surface area contributed by atoms with Crippen molar-refractivity contribution in [3.8, 4) is 0 Å². The number of pyridine rings is 1. The SMILES string of the molecule is O=CCC[C@@H](C=O)NC(=O)c1cccnc1. The predicted octanol–water partition coefficient (Wildman–Crippen LogP) is 0.358. The summed E-state index contributed by atoms with van der Waals surface area (Å²) in [6.07, 6.45) is 4.87. The Kier molecular flexibility index (Phi) is 4.85. The first-order valence-corrected chi connectivity index (χ1v) is 4.87. The van der Waals surface area contributed by atoms with Crippen LogP contribution in [-0.2, 0) is 9.59 Å². The summed E-state index contributed by atoms with van der Waals surface area (Å²) < 4.78 is 0. The minimum Gasteiger partial charge on any atom is -0.342 e. The quantitative estimate of drug-likeness (QED) is 0.702. The summed E-state index contributed by atoms with van der Waals surface area (Å²) in [5, 5.41) is 2.51. The minimum atomic E-state index is -0.627. The molecule has 0 unspecified atom stereocenters. The maximum Gasteiger partial charge on any atom is 0.253 e. The van der Waals surface area contributed by atoms with Crippen molar-refractivity contribution in [3.63, 3.8) is 0 Å². The average Bonchev–Trinajstić information content (AvgIpc) is 2.35. The first kappa shape index (κ1) is 12.0. The Labute approximate surface area is 92.9 Å². The van der Waals surface area contributed by atoms with E-state index < -0.39 is 6.04 Å². The van der Waals surface area contributed by atoms with E-state index in [1.165, 1.54) is 6.20 Å². The third-order valence-corrected chi connectivity index (χ3v) is 2.00. The molecule has 0 spiro atoms. The number of amides is 1. The van der Waals surface area contributed by atoms with E-state index >= 15 is 0 Å². The van der Waals surface area contributed by atoms with Crippen molar-refractivity contribution in [3.05, 3.63) is 30.1 Å². The van der Waals surface area contributed by atoms with E-state index in [1.54, 1.807) is 18.3 Å². The Bertz CT molecular complexity index is 365. The topological polar surface area (TPSA) is 76.1 Å². The van der Waals surface area contributed by atoms with Gasteiger partial charge in [-0.3, -0.25) is 9.78 Å². The van der Waals surface area contributed by atoms with Crippen LogP contribution >= 0.6 is 0 Å². The molecule has 0 bridgehead atoms. The molecule has 0 aliphatic heterocycles. The van der Waals surface area contributed by atoms with E-state index in [-0.39, 0.29) is 12.3 Å². The summed E-state index contributed by atoms with van der Waals surface area (Å²) in [4.78, 5) is 36.1. The number of carbonyl (C=O) groups is 3. The van der Waals surface area contributed by atoms with Crippen molar-refractivity contribution >= 4 is 18.5 Å². The highest BCUT2D eigenvalue weighted by atomic mass is 16.2. The second-order valence-electron chi connectivity index (χ2n) is 3.20. The smallest absolute Gasteiger partial charge is 0.253 e. The van der Waals surface area contributed by atoms with Gasteiger partial charge in [0.25, 0.3) is 5.91 Å². The molecule has 0 radical (unpaired) electrons. The van der Waals surface area contributed by atoms with E-state index in [0.29, 0.717) is 24.6 Å². The summed E-state index contributed by atoms with van der Waals surface area (Å²) in [6, 6.07) is 2.61. The third-order valence-electron chi connectivity index (χ3n) is 2.00. The van der Waals surface area contributed by atoms with Crippen LogP contribution in [0.15, 0.2) is 24.5 Å². The monoisotopic (exact) mass is 220 g/mol. The molecule has 1 aromatic rings. The average molecular weight is 220 g/mol. The summed E-state index contributed by atoms with van der Waals surface area (Å²) >= 11 is 0. The number of hydrogen-bond donors (Lipinski definition) is 1. The van der Waals surface area contributed by atoms with Crippen LogP contribution in [0.4, 0.5) is 0 Å². The molecule has 1 N–H and O–H groups in total. The van der Waals surface area contributed by atoms with Gasteiger partial charge in [0.2, 0.25) is 0 Å². The van der Waals surface area contributed by atoms with Gasteiger partial charge in [0.1, 0.15) is 12.6 Å². The molecule has 0 aliphatic carbocycles. The molecule has 1 rings (SSSR count). The van der Waals surface area contributed by atoms with Crippen molar-refractivity contribution in [2.75, 3.05) is 0 Å². The summed E-state index contributed by atoms with van der Waals surface area (Å²) in [5.41, 5.74) is 0.389. The zero-order valence-electron chi connectivity index (χ0n) is 8.63. The number of nitrogens with zero attached hydrogens (tertiary/aromatic N) is 1. The Hall–Kier alpha value is -2.04. The van der Waals surface area contributed by atoms with Crippen LogP contribution in [-0.4, -0.2) is 29.5 Å². The Morgan fingerprint density at radius 1 is 1.50 bits per heavy atom. The zero-order valence-corrected chi connectivity index (χ0v) is 8.63. The van der Waals surface area contributed by atoms with Gasteiger partial charge in [-0.25, -0.2) is 0 Å². The highest BCUT2D eigenvalue weighted by Gasteiger charge is 2.12. The van der Waals surface area contributed by atoms with E-state index in [0.717, 1.165) is 0 Å². The van der Waals surface area contributed by atoms with Crippen LogP contribution in [0.25, 0.3) is 0 Å². The standard InChI is InChI=1S/C11H12N2O3/c14-6-2-4-10(8-15)13-11(16)9-3-1-5-12-7-9/h1,3,5-8,10H,2,4H2,(H,13,16)/t10-/m0/s1. The number of nitrogens with one attached hydrogen (secondary N) is 1. The van der Waals surface area contributed by atoms with Crippen molar-refractivity contribution < 1.29 is 14.4 Å². The van der Waals surface area contributed by atoms with Gasteiger partial charge >= 0.3 is 0 Å². The fourth-order valence-corrected chi connectivity index (χ4v) is 1.17. The number of rotatable bonds is 6. The summed E-state index contributed by atoms with van der Waals surface area (Å²) in [6.45, 7) is 0. The second kappa shape index (κ2) is 6.44. The van der Waals surface area contributed by atoms with Crippen molar-refractivity contribution in [2.24, 2.45) is 0 Å². The van der Waals surface area contributed by atoms with Crippen LogP contribution in [0, 0.1) is 0 Å². The molecule has 0 fully saturated rings. The van der Waals surface area contributed by atoms with Gasteiger partial charge in [-0.15, -0.1) is 0 Å². The second-order valence-corrected chi connectivity index (χ2v) is 3.20. The molecular formula is C11H12N2O3. The fourth-order valence-electron chi connectivity index (χ4n) is 1.17. The first-order chi connectivity index (χ1) is 7.77. The summed E-state index contributed by atoms with van der Waals surface area (Å²) in [5.74, 6) is -0.365. The van der Waals surface area contributed by atoms with Gasteiger partial charge in [-0.1, -0.05) is 0 Å². The van der Waals surface area contributed by atoms with Crippen LogP contribution in [0.3, 0.4) is 0 Å². The molecule has 1 amide bonds. The van der Waals surface area contributed by atoms with Gasteiger partial charge in [0, 0.05) is 18.8 Å². The highest BCUT2D eigenvalue weighted by Crippen LogP contribution is 1.98. The molecule has 16 heavy (non-hydrogen) atoms. The molecule has 84 valence electrons. The maximum absolute atomic E-state index is 11.6. The van der Waals surface area contributed by atoms with E-state index in [9.17, 15) is 14.4 Å². The first-order valence-electron chi connectivity index (χ1n) is 4.87. The minimum absolute atomic E-state index is 0.247. The van der Waals surface area contributed by atoms with E-state index in [1.807, 2.05) is 0 Å². The molecule has 1 heterocycles. The molecule has 5 nitrogen and oxygen atoms in total. The molecule has 0 saturated carbocycles. The number of hydrogen-bond acceptors (Lipinski definition) is 4. The lowest BCUT2D eigenvalue weighted by Gasteiger charge is -2.10. The predicted molar refractivity (Wildman–Crippen MR) is 56.9 cm³/mol. The Morgan fingerprint density at radius 2 is 2.31 bits per heavy atom. The lowest BCUT2D eigenvalue weighted by atomic mass is 10.1. The van der Waals surface area contributed by atoms with Crippen molar-refractivity contribution in [1.29, 1.82) is 0 Å². The molecule has 0 aromatic carbocycles. The third kappa shape index (κ3) is 3.61. The van der Waals surface area contributed by atoms with Crippen LogP contribution in [0.2, 0.25) is 0 Å². The van der Waals surface area contributed by atoms with Crippen LogP contribution in [0.1, 0.15) is 23.2 Å². The van der Waals surface area contributed by atoms with E-state index in [4.69, 9.17) is 0 Å². The Morgan fingerprint density at radius 3 is 2.88 bits per heavy atom. The van der Waals surface area contributed by atoms with E-state index in [2.05, 4.69) is 10.3 Å². The summed E-state index contributed by atoms with van der Waals surface area (Å²) in [7, 11) is 0. The molecule has 1 atom stereocenters. The molecular weight excluding hydrogens is 208 g/mol. The fraction of sp³-hybridized carbons (Fsp3) is 0.273. The molecule has 0 saturated heterocycles. The molecule has 5 heteroatoms. The number of aromatic nitrogens is 1. The van der Waals surface area contributed by atoms with Crippen LogP contribution in [0.5, 0.6) is 0 Å². The van der Waals surface area contributed by atoms with Crippen molar-refractivity contribution in [1.82, 2.24) is 10.3 Å². The van der Waals surface area contributed by atoms with Gasteiger partial charge in [0.05, 0.1) is 11.6 Å². The molecule has 1 aromatic heterocycles. The normalized spacial score (nSPS) is 11.5. The Balaban J connectivity index is 2.55. The zero-order chi connectivity index (χ0) is 11.8. The van der Waals surface area contributed by atoms with Gasteiger partial charge in [-0.2, -0.15) is 0 Å². The van der Waals surface area contributed by atoms with Crippen molar-refractivity contribution in [2.45, 2.75) is 18.9 Å².